The first-order valence-corrected chi connectivity index (χ1v) is 12.7. The number of hydrogen-bond acceptors (Lipinski definition) is 6. The first-order chi connectivity index (χ1) is 16.7. The number of aromatic amines is 1. The van der Waals surface area contributed by atoms with Gasteiger partial charge in [-0.05, 0) is 35.7 Å². The van der Waals surface area contributed by atoms with Crippen molar-refractivity contribution in [3.05, 3.63) is 51.9 Å². The van der Waals surface area contributed by atoms with Crippen LogP contribution in [0.25, 0.3) is 0 Å². The lowest BCUT2D eigenvalue weighted by atomic mass is 9.91. The minimum Gasteiger partial charge on any atom is -0.398 e. The smallest absolute Gasteiger partial charge is 0.261 e. The molecule has 1 aromatic carbocycles. The highest BCUT2D eigenvalue weighted by molar-refractivity contribution is 7.89. The van der Waals surface area contributed by atoms with Crippen LogP contribution in [0, 0.1) is 30.6 Å². The number of sulfonamides is 1. The van der Waals surface area contributed by atoms with Gasteiger partial charge in [0.25, 0.3) is 5.56 Å². The zero-order valence-electron chi connectivity index (χ0n) is 20.3. The van der Waals surface area contributed by atoms with E-state index in [1.807, 2.05) is 0 Å². The number of aromatic nitrogens is 1. The highest BCUT2D eigenvalue weighted by Crippen LogP contribution is 2.32. The van der Waals surface area contributed by atoms with Crippen molar-refractivity contribution in [3.8, 4) is 19.4 Å². The van der Waals surface area contributed by atoms with E-state index in [1.165, 1.54) is 54.7 Å². The average molecular weight is 499 g/mol. The van der Waals surface area contributed by atoms with Crippen LogP contribution in [-0.2, 0) is 16.6 Å². The van der Waals surface area contributed by atoms with Crippen LogP contribution in [0.15, 0.2) is 45.1 Å². The number of rotatable bonds is 3. The Balaban J connectivity index is 0.000000468. The van der Waals surface area contributed by atoms with Gasteiger partial charge in [-0.1, -0.05) is 46.0 Å². The number of aliphatic imine (C=N–C) groups is 1. The first-order valence-electron chi connectivity index (χ1n) is 11.3. The van der Waals surface area contributed by atoms with Gasteiger partial charge in [0.1, 0.15) is 11.4 Å². The summed E-state index contributed by atoms with van der Waals surface area (Å²) in [4.78, 5) is 18.8. The minimum atomic E-state index is -3.43. The molecule has 5 N–H and O–H groups in total. The van der Waals surface area contributed by atoms with Crippen molar-refractivity contribution < 1.29 is 8.42 Å². The molecule has 10 heteroatoms. The number of anilines is 1. The number of fused-ring (bicyclic) bond motifs is 1. The van der Waals surface area contributed by atoms with Crippen molar-refractivity contribution in [1.29, 1.82) is 5.26 Å². The lowest BCUT2D eigenvalue weighted by Gasteiger charge is -2.15. The fourth-order valence-electron chi connectivity index (χ4n) is 3.97. The number of nitrogens with two attached hydrogens (primary N) is 2. The molecule has 2 heterocycles. The van der Waals surface area contributed by atoms with E-state index in [9.17, 15) is 13.2 Å². The van der Waals surface area contributed by atoms with E-state index in [-0.39, 0.29) is 22.0 Å². The van der Waals surface area contributed by atoms with Gasteiger partial charge in [-0.3, -0.25) is 4.79 Å². The van der Waals surface area contributed by atoms with Crippen LogP contribution in [0.1, 0.15) is 57.1 Å². The highest BCUT2D eigenvalue weighted by atomic mass is 32.2. The average Bonchev–Trinajstić information content (AvgIpc) is 3.11. The molecular formula is C25H34N6O3S. The van der Waals surface area contributed by atoms with Gasteiger partial charge in [-0.2, -0.15) is 4.31 Å². The highest BCUT2D eigenvalue weighted by Gasteiger charge is 2.33. The normalized spacial score (nSPS) is 16.8. The summed E-state index contributed by atoms with van der Waals surface area (Å²) in [7, 11) is -3.43. The van der Waals surface area contributed by atoms with E-state index in [1.54, 1.807) is 19.1 Å². The van der Waals surface area contributed by atoms with E-state index in [4.69, 9.17) is 16.7 Å². The van der Waals surface area contributed by atoms with Crippen LogP contribution in [0.2, 0.25) is 0 Å². The number of hydrogen-bond donors (Lipinski definition) is 3. The van der Waals surface area contributed by atoms with Gasteiger partial charge in [0.05, 0.1) is 10.6 Å². The monoisotopic (exact) mass is 498 g/mol. The second kappa shape index (κ2) is 14.0. The van der Waals surface area contributed by atoms with Crippen LogP contribution in [0.5, 0.6) is 0 Å². The van der Waals surface area contributed by atoms with E-state index in [0.29, 0.717) is 24.3 Å². The quantitative estimate of drug-likeness (QED) is 0.334. The van der Waals surface area contributed by atoms with Gasteiger partial charge in [0.15, 0.2) is 0 Å². The predicted octanol–water partition coefficient (Wildman–Crippen LogP) is 3.49. The van der Waals surface area contributed by atoms with E-state index >= 15 is 0 Å². The Bertz CT molecular complexity index is 1200. The molecule has 1 fully saturated rings. The Morgan fingerprint density at radius 1 is 1.20 bits per heavy atom. The third kappa shape index (κ3) is 7.44. The number of benzene rings is 1. The number of terminal acetylenes is 1. The largest absolute Gasteiger partial charge is 0.398 e. The molecule has 0 radical (unpaired) electrons. The Kier molecular flexibility index (Phi) is 11.7. The zero-order chi connectivity index (χ0) is 26.6. The van der Waals surface area contributed by atoms with Crippen molar-refractivity contribution in [1.82, 2.24) is 9.29 Å². The summed E-state index contributed by atoms with van der Waals surface area (Å²) in [5, 5.41) is 6.50. The second-order valence-electron chi connectivity index (χ2n) is 8.10. The number of amidine groups is 1. The Hall–Kier alpha value is -3.60. The maximum absolute atomic E-state index is 12.3. The number of H-pyrrole nitrogens is 1. The molecule has 2 aromatic rings. The first kappa shape index (κ1) is 29.4. The molecule has 0 unspecified atom stereocenters. The molecule has 2 aliphatic rings. The zero-order valence-corrected chi connectivity index (χ0v) is 21.1. The molecule has 9 nitrogen and oxygen atoms in total. The molecule has 1 saturated carbocycles. The van der Waals surface area contributed by atoms with Crippen molar-refractivity contribution in [2.24, 2.45) is 16.6 Å². The maximum atomic E-state index is 12.3. The van der Waals surface area contributed by atoms with Crippen LogP contribution in [0.4, 0.5) is 11.4 Å². The van der Waals surface area contributed by atoms with Gasteiger partial charge in [0, 0.05) is 31.5 Å². The van der Waals surface area contributed by atoms with E-state index in [0.717, 1.165) is 5.92 Å². The number of nitriles is 1. The number of nitrogens with one attached hydrogen (secondary N) is 1. The molecule has 0 atom stereocenters. The summed E-state index contributed by atoms with van der Waals surface area (Å²) < 4.78 is 25.9. The predicted molar refractivity (Wildman–Crippen MR) is 140 cm³/mol. The fourth-order valence-corrected chi connectivity index (χ4v) is 5.59. The molecule has 0 spiro atoms. The standard InChI is InChI=1S/C15H17N5O3S.C7H14.C2H2.CHN/c1-2-20-8-9-7-10(3-4-12(9)24(20,22)23)19-14(17)13-11(16)5-6-18-15(13)21;1-7-5-3-2-4-6-7;2*1-2/h3-7H,2,8H2,1H3,(H2,17,19)(H3,16,18,21);7H,2-6H2,1H3;1-2H;1H. The van der Waals surface area contributed by atoms with Crippen LogP contribution in [-0.4, -0.2) is 30.1 Å². The van der Waals surface area contributed by atoms with Crippen LogP contribution in [0.3, 0.4) is 0 Å². The van der Waals surface area contributed by atoms with Gasteiger partial charge in [-0.15, -0.1) is 12.8 Å². The van der Waals surface area contributed by atoms with Gasteiger partial charge in [-0.25, -0.2) is 18.7 Å². The minimum absolute atomic E-state index is 0.0255. The SMILES string of the molecule is C#C.C#N.CC1CCCCC1.CCN1Cc2cc(N=C(N)c3c(N)cc[nH]c3=O)ccc2S1(=O)=O. The van der Waals surface area contributed by atoms with Gasteiger partial charge >= 0.3 is 0 Å². The number of pyridine rings is 1. The summed E-state index contributed by atoms with van der Waals surface area (Å²) >= 11 is 0. The maximum Gasteiger partial charge on any atom is 0.261 e. The van der Waals surface area contributed by atoms with Crippen molar-refractivity contribution >= 4 is 27.2 Å². The second-order valence-corrected chi connectivity index (χ2v) is 10.0. The lowest BCUT2D eigenvalue weighted by Crippen LogP contribution is -2.25. The molecule has 35 heavy (non-hydrogen) atoms. The van der Waals surface area contributed by atoms with E-state index in [2.05, 4.69) is 36.3 Å². The summed E-state index contributed by atoms with van der Waals surface area (Å²) in [6, 6.07) is 6.23. The van der Waals surface area contributed by atoms with Crippen LogP contribution < -0.4 is 17.0 Å². The molecule has 1 aromatic heterocycles. The number of nitrogen functional groups attached to an aromatic ring is 1. The van der Waals surface area contributed by atoms with Crippen molar-refractivity contribution in [2.45, 2.75) is 57.4 Å². The topological polar surface area (TPSA) is 158 Å². The van der Waals surface area contributed by atoms with Crippen molar-refractivity contribution in [2.75, 3.05) is 12.3 Å². The Morgan fingerprint density at radius 2 is 1.83 bits per heavy atom. The summed E-state index contributed by atoms with van der Waals surface area (Å²) in [5.41, 5.74) is 12.7. The summed E-state index contributed by atoms with van der Waals surface area (Å²) in [6.45, 7) is 8.34. The summed E-state index contributed by atoms with van der Waals surface area (Å²) in [6.07, 6.45) is 16.9. The number of nitrogens with zero attached hydrogens (tertiary/aromatic N) is 3. The molecule has 0 amide bonds. The lowest BCUT2D eigenvalue weighted by molar-refractivity contribution is 0.385. The van der Waals surface area contributed by atoms with E-state index < -0.39 is 15.6 Å². The van der Waals surface area contributed by atoms with Gasteiger partial charge < -0.3 is 16.5 Å². The third-order valence-electron chi connectivity index (χ3n) is 5.75. The van der Waals surface area contributed by atoms with Crippen LogP contribution >= 0.6 is 0 Å². The van der Waals surface area contributed by atoms with Crippen molar-refractivity contribution in [3.63, 3.8) is 0 Å². The van der Waals surface area contributed by atoms with Gasteiger partial charge in [0.2, 0.25) is 10.0 Å². The summed E-state index contributed by atoms with van der Waals surface area (Å²) in [5.74, 6) is 1.01. The molecule has 1 aliphatic heterocycles. The molecule has 0 bridgehead atoms. The fraction of sp³-hybridized carbons (Fsp3) is 0.400. The Morgan fingerprint density at radius 3 is 2.34 bits per heavy atom. The molecule has 4 rings (SSSR count). The Labute approximate surface area is 207 Å². The molecule has 0 saturated heterocycles. The molecular weight excluding hydrogens is 464 g/mol. The molecule has 188 valence electrons. The third-order valence-corrected chi connectivity index (χ3v) is 7.78. The molecule has 1 aliphatic carbocycles.